The second-order valence-corrected chi connectivity index (χ2v) is 11.7. The minimum atomic E-state index is -2.44. The van der Waals surface area contributed by atoms with Crippen LogP contribution in [0.15, 0.2) is 0 Å². The van der Waals surface area contributed by atoms with Crippen molar-refractivity contribution in [2.24, 2.45) is 52.3 Å². The van der Waals surface area contributed by atoms with Gasteiger partial charge in [0.25, 0.3) is 0 Å². The van der Waals surface area contributed by atoms with Crippen molar-refractivity contribution in [1.29, 1.82) is 0 Å². The van der Waals surface area contributed by atoms with E-state index in [0.29, 0.717) is 29.6 Å². The minimum absolute atomic E-state index is 0.164. The van der Waals surface area contributed by atoms with E-state index in [9.17, 15) is 0 Å². The summed E-state index contributed by atoms with van der Waals surface area (Å²) < 4.78 is 51.4. The van der Waals surface area contributed by atoms with E-state index in [0.717, 1.165) is 30.6 Å². The number of rotatable bonds is 5. The lowest BCUT2D eigenvalue weighted by atomic mass is 9.44. The van der Waals surface area contributed by atoms with Crippen molar-refractivity contribution in [2.45, 2.75) is 118 Å². The van der Waals surface area contributed by atoms with E-state index in [1.807, 2.05) is 0 Å². The number of fused-ring (bicyclic) bond motifs is 5. The van der Waals surface area contributed by atoms with Crippen molar-refractivity contribution in [3.05, 3.63) is 0 Å². The van der Waals surface area contributed by atoms with E-state index in [-0.39, 0.29) is 12.3 Å². The van der Waals surface area contributed by atoms with E-state index in [1.54, 1.807) is 0 Å². The molecular formula is C27H48. The summed E-state index contributed by atoms with van der Waals surface area (Å²) in [6, 6.07) is 0. The first-order chi connectivity index (χ1) is 15.1. The molecule has 0 amide bonds. The van der Waals surface area contributed by atoms with Crippen LogP contribution in [0.4, 0.5) is 0 Å². The normalized spacial score (nSPS) is 56.9. The highest BCUT2D eigenvalue weighted by Gasteiger charge is 2.59. The van der Waals surface area contributed by atoms with Gasteiger partial charge in [-0.15, -0.1) is 0 Å². The van der Waals surface area contributed by atoms with E-state index in [1.165, 1.54) is 38.5 Å². The van der Waals surface area contributed by atoms with Gasteiger partial charge in [0, 0.05) is 8.22 Å². The van der Waals surface area contributed by atoms with Crippen LogP contribution in [0.3, 0.4) is 0 Å². The Morgan fingerprint density at radius 3 is 2.41 bits per heavy atom. The molecule has 156 valence electrons. The molecule has 0 aromatic carbocycles. The molecule has 8 atom stereocenters. The minimum Gasteiger partial charge on any atom is -0.0628 e. The van der Waals surface area contributed by atoms with Gasteiger partial charge < -0.3 is 0 Å². The Morgan fingerprint density at radius 2 is 1.63 bits per heavy atom. The summed E-state index contributed by atoms with van der Waals surface area (Å²) in [4.78, 5) is 0. The van der Waals surface area contributed by atoms with Crippen LogP contribution >= 0.6 is 0 Å². The third kappa shape index (κ3) is 3.44. The maximum absolute atomic E-state index is 8.76. The average Bonchev–Trinajstić information content (AvgIpc) is 3.03. The van der Waals surface area contributed by atoms with Gasteiger partial charge in [-0.1, -0.05) is 66.6 Å². The molecule has 4 rings (SSSR count). The molecule has 0 heteroatoms. The summed E-state index contributed by atoms with van der Waals surface area (Å²) in [6.45, 7) is 11.8. The first-order valence-electron chi connectivity index (χ1n) is 15.1. The summed E-state index contributed by atoms with van der Waals surface area (Å²) in [5.74, 6) is 3.47. The summed E-state index contributed by atoms with van der Waals surface area (Å²) in [7, 11) is 0. The SMILES string of the molecule is [2H]C1([2H])CC2(C)C3CCC4(C)C(C(C)CCCC(C)C)CCC4C3CC[C@H]2C([2H])([2H])C1([2H])[2H]. The lowest BCUT2D eigenvalue weighted by Crippen LogP contribution is -2.53. The predicted octanol–water partition coefficient (Wildman–Crippen LogP) is 8.50. The molecule has 4 aliphatic carbocycles. The quantitative estimate of drug-likeness (QED) is 0.450. The van der Waals surface area contributed by atoms with Crippen LogP contribution < -0.4 is 0 Å². The lowest BCUT2D eigenvalue weighted by molar-refractivity contribution is -0.114. The van der Waals surface area contributed by atoms with Crippen molar-refractivity contribution in [3.63, 3.8) is 0 Å². The Hall–Kier alpha value is 0. The Bertz CT molecular complexity index is 732. The highest BCUT2D eigenvalue weighted by atomic mass is 14.6. The third-order valence-electron chi connectivity index (χ3n) is 9.87. The first-order valence-corrected chi connectivity index (χ1v) is 12.1. The second kappa shape index (κ2) is 7.68. The molecule has 4 saturated carbocycles. The Balaban J connectivity index is 1.56. The van der Waals surface area contributed by atoms with Gasteiger partial charge in [-0.25, -0.2) is 0 Å². The van der Waals surface area contributed by atoms with Crippen LogP contribution in [0.1, 0.15) is 126 Å². The van der Waals surface area contributed by atoms with Gasteiger partial charge in [-0.3, -0.25) is 0 Å². The molecule has 4 fully saturated rings. The molecule has 0 saturated heterocycles. The monoisotopic (exact) mass is 378 g/mol. The zero-order valence-electron chi connectivity index (χ0n) is 24.6. The molecule has 0 nitrogen and oxygen atoms in total. The zero-order valence-corrected chi connectivity index (χ0v) is 18.6. The molecule has 27 heavy (non-hydrogen) atoms. The topological polar surface area (TPSA) is 0 Å². The maximum atomic E-state index is 8.76. The second-order valence-electron chi connectivity index (χ2n) is 11.7. The summed E-state index contributed by atoms with van der Waals surface area (Å²) in [5.41, 5.74) is -0.0905. The average molecular weight is 379 g/mol. The van der Waals surface area contributed by atoms with Crippen LogP contribution in [0.2, 0.25) is 0 Å². The summed E-state index contributed by atoms with van der Waals surface area (Å²) in [5, 5.41) is 0. The molecular weight excluding hydrogens is 324 g/mol. The van der Waals surface area contributed by atoms with Crippen LogP contribution in [-0.2, 0) is 0 Å². The van der Waals surface area contributed by atoms with E-state index < -0.39 is 24.5 Å². The molecule has 0 radical (unpaired) electrons. The molecule has 0 aromatic heterocycles. The first kappa shape index (κ1) is 14.1. The Labute approximate surface area is 179 Å². The largest absolute Gasteiger partial charge is 0.0628 e. The number of hydrogen-bond donors (Lipinski definition) is 0. The van der Waals surface area contributed by atoms with E-state index >= 15 is 0 Å². The molecule has 4 aliphatic rings. The standard InChI is InChI=1S/C27H48/c1-19(2)9-8-10-20(3)23-14-15-24-22-13-12-21-11-6-7-17-26(21,4)25(22)16-18-27(23,24)5/h19-25H,6-18H2,1-5H3/t20?,21-,22?,23?,24?,25?,26?,27?/m1/s1/i6D2,7D2,11D2. The molecule has 0 spiro atoms. The predicted molar refractivity (Wildman–Crippen MR) is 118 cm³/mol. The van der Waals surface area contributed by atoms with Crippen LogP contribution in [0, 0.1) is 52.3 Å². The van der Waals surface area contributed by atoms with Crippen LogP contribution in [0.25, 0.3) is 0 Å². The molecule has 7 unspecified atom stereocenters. The van der Waals surface area contributed by atoms with E-state index in [4.69, 9.17) is 8.22 Å². The van der Waals surface area contributed by atoms with Gasteiger partial charge in [0.15, 0.2) is 0 Å². The molecule has 0 N–H and O–H groups in total. The van der Waals surface area contributed by atoms with Crippen LogP contribution in [0.5, 0.6) is 0 Å². The Morgan fingerprint density at radius 1 is 0.852 bits per heavy atom. The fraction of sp³-hybridized carbons (Fsp3) is 1.00. The third-order valence-corrected chi connectivity index (χ3v) is 9.87. The van der Waals surface area contributed by atoms with Gasteiger partial charge >= 0.3 is 0 Å². The van der Waals surface area contributed by atoms with Crippen molar-refractivity contribution >= 4 is 0 Å². The number of hydrogen-bond acceptors (Lipinski definition) is 0. The van der Waals surface area contributed by atoms with Gasteiger partial charge in [-0.2, -0.15) is 0 Å². The molecule has 0 aliphatic heterocycles. The fourth-order valence-corrected chi connectivity index (χ4v) is 8.34. The van der Waals surface area contributed by atoms with Gasteiger partial charge in [0.1, 0.15) is 0 Å². The fourth-order valence-electron chi connectivity index (χ4n) is 8.34. The molecule has 0 bridgehead atoms. The summed E-state index contributed by atoms with van der Waals surface area (Å²) in [6.07, 6.45) is 3.98. The molecule has 0 heterocycles. The maximum Gasteiger partial charge on any atom is 0.0270 e. The van der Waals surface area contributed by atoms with Crippen LogP contribution in [-0.4, -0.2) is 0 Å². The molecule has 0 aromatic rings. The lowest BCUT2D eigenvalue weighted by Gasteiger charge is -2.61. The van der Waals surface area contributed by atoms with Gasteiger partial charge in [-0.05, 0) is 104 Å². The van der Waals surface area contributed by atoms with Gasteiger partial charge in [0.05, 0.1) is 0 Å². The Kier molecular flexibility index (Phi) is 4.01. The smallest absolute Gasteiger partial charge is 0.0270 e. The van der Waals surface area contributed by atoms with Crippen molar-refractivity contribution in [3.8, 4) is 0 Å². The highest BCUT2D eigenvalue weighted by Crippen LogP contribution is 2.68. The van der Waals surface area contributed by atoms with Gasteiger partial charge in [0.2, 0.25) is 0 Å². The van der Waals surface area contributed by atoms with E-state index in [2.05, 4.69) is 34.6 Å². The van der Waals surface area contributed by atoms with Crippen molar-refractivity contribution in [1.82, 2.24) is 0 Å². The highest BCUT2D eigenvalue weighted by molar-refractivity contribution is 5.09. The summed E-state index contributed by atoms with van der Waals surface area (Å²) >= 11 is 0. The van der Waals surface area contributed by atoms with Crippen molar-refractivity contribution < 1.29 is 8.22 Å². The zero-order chi connectivity index (χ0) is 24.6. The van der Waals surface area contributed by atoms with Crippen molar-refractivity contribution in [2.75, 3.05) is 0 Å².